The van der Waals surface area contributed by atoms with E-state index in [4.69, 9.17) is 21.1 Å². The second kappa shape index (κ2) is 9.84. The zero-order chi connectivity index (χ0) is 20.9. The number of rotatable bonds is 5. The Balaban J connectivity index is 1.40. The molecule has 1 unspecified atom stereocenters. The van der Waals surface area contributed by atoms with Crippen LogP contribution >= 0.6 is 11.6 Å². The standard InChI is InChI=1S/C23H30ClN3O3/c1-29-23(28)27-13-5-8-19(22-20(24)14-25-26-22)21(27)15-30-18-11-9-17(10-12-18)16-6-3-2-4-7-16/h2-4,6-7,14,17-19,21H,5,8-13,15H2,1H3,(H,25,26)/t17?,18?,19?,21-/m1/s1. The minimum absolute atomic E-state index is 0.0634. The van der Waals surface area contributed by atoms with Gasteiger partial charge in [0.2, 0.25) is 0 Å². The van der Waals surface area contributed by atoms with Gasteiger partial charge in [-0.3, -0.25) is 5.10 Å². The van der Waals surface area contributed by atoms with E-state index < -0.39 is 0 Å². The van der Waals surface area contributed by atoms with Gasteiger partial charge in [0, 0.05) is 12.5 Å². The third kappa shape index (κ3) is 4.65. The predicted molar refractivity (Wildman–Crippen MR) is 116 cm³/mol. The molecule has 1 saturated heterocycles. The molecule has 1 aliphatic heterocycles. The monoisotopic (exact) mass is 431 g/mol. The van der Waals surface area contributed by atoms with Gasteiger partial charge in [0.25, 0.3) is 0 Å². The van der Waals surface area contributed by atoms with Gasteiger partial charge in [-0.05, 0) is 50.0 Å². The first-order valence-electron chi connectivity index (χ1n) is 10.9. The van der Waals surface area contributed by atoms with Gasteiger partial charge in [-0.15, -0.1) is 0 Å². The largest absolute Gasteiger partial charge is 0.453 e. The Kier molecular flexibility index (Phi) is 6.95. The van der Waals surface area contributed by atoms with Crippen LogP contribution < -0.4 is 0 Å². The molecule has 6 nitrogen and oxygen atoms in total. The number of likely N-dealkylation sites (tertiary alicyclic amines) is 1. The fourth-order valence-corrected chi connectivity index (χ4v) is 5.24. The lowest BCUT2D eigenvalue weighted by Gasteiger charge is -2.41. The van der Waals surface area contributed by atoms with Gasteiger partial charge in [0.15, 0.2) is 0 Å². The third-order valence-electron chi connectivity index (χ3n) is 6.63. The third-order valence-corrected chi connectivity index (χ3v) is 6.93. The Morgan fingerprint density at radius 2 is 1.97 bits per heavy atom. The smallest absolute Gasteiger partial charge is 0.409 e. The van der Waals surface area contributed by atoms with Crippen LogP contribution in [0.2, 0.25) is 5.02 Å². The Hall–Kier alpha value is -2.05. The number of piperidine rings is 1. The maximum Gasteiger partial charge on any atom is 0.409 e. The SMILES string of the molecule is COC(=O)N1CCCC(c2[nH]ncc2Cl)[C@H]1COC1CCC(c2ccccc2)CC1. The highest BCUT2D eigenvalue weighted by Crippen LogP contribution is 2.37. The molecule has 2 aromatic rings. The Morgan fingerprint density at radius 1 is 1.20 bits per heavy atom. The second-order valence-corrected chi connectivity index (χ2v) is 8.74. The Bertz CT molecular complexity index is 820. The Morgan fingerprint density at radius 3 is 2.63 bits per heavy atom. The molecule has 2 atom stereocenters. The number of carbonyl (C=O) groups is 1. The molecule has 1 aromatic heterocycles. The number of carbonyl (C=O) groups excluding carboxylic acids is 1. The predicted octanol–water partition coefficient (Wildman–Crippen LogP) is 5.12. The van der Waals surface area contributed by atoms with E-state index in [2.05, 4.69) is 40.5 Å². The van der Waals surface area contributed by atoms with Crippen LogP contribution in [-0.4, -0.2) is 53.6 Å². The number of amides is 1. The summed E-state index contributed by atoms with van der Waals surface area (Å²) in [6.45, 7) is 1.15. The van der Waals surface area contributed by atoms with Gasteiger partial charge in [-0.2, -0.15) is 5.10 Å². The number of benzene rings is 1. The van der Waals surface area contributed by atoms with Crippen LogP contribution in [0.3, 0.4) is 0 Å². The number of hydrogen-bond donors (Lipinski definition) is 1. The molecule has 1 aliphatic carbocycles. The molecule has 162 valence electrons. The van der Waals surface area contributed by atoms with Crippen molar-refractivity contribution < 1.29 is 14.3 Å². The summed E-state index contributed by atoms with van der Waals surface area (Å²) in [5.74, 6) is 0.678. The van der Waals surface area contributed by atoms with Crippen LogP contribution in [0.25, 0.3) is 0 Å². The van der Waals surface area contributed by atoms with Gasteiger partial charge in [0.1, 0.15) is 0 Å². The van der Waals surface area contributed by atoms with E-state index in [0.717, 1.165) is 44.2 Å². The number of methoxy groups -OCH3 is 1. The normalized spacial score (nSPS) is 27.1. The van der Waals surface area contributed by atoms with Gasteiger partial charge in [-0.1, -0.05) is 41.9 Å². The van der Waals surface area contributed by atoms with Crippen LogP contribution in [0.4, 0.5) is 4.79 Å². The van der Waals surface area contributed by atoms with E-state index in [1.54, 1.807) is 11.1 Å². The molecule has 7 heteroatoms. The Labute approximate surface area is 182 Å². The number of halogens is 1. The number of aromatic nitrogens is 2. The minimum Gasteiger partial charge on any atom is -0.453 e. The van der Waals surface area contributed by atoms with Crippen molar-refractivity contribution in [1.82, 2.24) is 15.1 Å². The van der Waals surface area contributed by atoms with Crippen molar-refractivity contribution >= 4 is 17.7 Å². The molecule has 1 N–H and O–H groups in total. The van der Waals surface area contributed by atoms with Crippen molar-refractivity contribution in [2.45, 2.75) is 62.5 Å². The molecule has 1 aromatic carbocycles. The minimum atomic E-state index is -0.309. The molecule has 0 bridgehead atoms. The van der Waals surface area contributed by atoms with Crippen molar-refractivity contribution in [2.75, 3.05) is 20.3 Å². The number of nitrogens with zero attached hydrogens (tertiary/aromatic N) is 2. The van der Waals surface area contributed by atoms with Gasteiger partial charge < -0.3 is 14.4 Å². The average molecular weight is 432 g/mol. The summed E-state index contributed by atoms with van der Waals surface area (Å²) in [7, 11) is 1.43. The average Bonchev–Trinajstić information content (AvgIpc) is 3.23. The molecular formula is C23H30ClN3O3. The lowest BCUT2D eigenvalue weighted by atomic mass is 9.82. The molecule has 0 spiro atoms. The molecule has 0 radical (unpaired) electrons. The van der Waals surface area contributed by atoms with Crippen molar-refractivity contribution in [2.24, 2.45) is 0 Å². The van der Waals surface area contributed by atoms with E-state index in [0.29, 0.717) is 24.1 Å². The molecular weight excluding hydrogens is 402 g/mol. The van der Waals surface area contributed by atoms with Crippen LogP contribution in [-0.2, 0) is 9.47 Å². The quantitative estimate of drug-likeness (QED) is 0.713. The van der Waals surface area contributed by atoms with Gasteiger partial charge >= 0.3 is 6.09 Å². The van der Waals surface area contributed by atoms with E-state index >= 15 is 0 Å². The van der Waals surface area contributed by atoms with E-state index in [9.17, 15) is 4.79 Å². The van der Waals surface area contributed by atoms with Crippen molar-refractivity contribution in [3.05, 3.63) is 52.8 Å². The number of nitrogens with one attached hydrogen (secondary N) is 1. The van der Waals surface area contributed by atoms with Crippen LogP contribution in [0.5, 0.6) is 0 Å². The first-order chi connectivity index (χ1) is 14.7. The molecule has 1 amide bonds. The molecule has 2 heterocycles. The maximum atomic E-state index is 12.4. The summed E-state index contributed by atoms with van der Waals surface area (Å²) in [5.41, 5.74) is 2.31. The van der Waals surface area contributed by atoms with Crippen molar-refractivity contribution in [1.29, 1.82) is 0 Å². The lowest BCUT2D eigenvalue weighted by Crippen LogP contribution is -2.50. The van der Waals surface area contributed by atoms with Crippen molar-refractivity contribution in [3.63, 3.8) is 0 Å². The maximum absolute atomic E-state index is 12.4. The van der Waals surface area contributed by atoms with E-state index in [1.807, 2.05) is 0 Å². The highest BCUT2D eigenvalue weighted by Gasteiger charge is 2.38. The summed E-state index contributed by atoms with van der Waals surface area (Å²) >= 11 is 6.35. The highest BCUT2D eigenvalue weighted by molar-refractivity contribution is 6.31. The number of hydrogen-bond acceptors (Lipinski definition) is 4. The van der Waals surface area contributed by atoms with E-state index in [1.165, 1.54) is 12.7 Å². The zero-order valence-corrected chi connectivity index (χ0v) is 18.2. The lowest BCUT2D eigenvalue weighted by molar-refractivity contribution is -0.0242. The molecule has 2 aliphatic rings. The topological polar surface area (TPSA) is 67.5 Å². The highest BCUT2D eigenvalue weighted by atomic mass is 35.5. The second-order valence-electron chi connectivity index (χ2n) is 8.33. The summed E-state index contributed by atoms with van der Waals surface area (Å²) < 4.78 is 11.4. The van der Waals surface area contributed by atoms with Crippen LogP contribution in [0.1, 0.15) is 61.6 Å². The van der Waals surface area contributed by atoms with Crippen molar-refractivity contribution in [3.8, 4) is 0 Å². The van der Waals surface area contributed by atoms with Crippen LogP contribution in [0.15, 0.2) is 36.5 Å². The van der Waals surface area contributed by atoms with Crippen LogP contribution in [0, 0.1) is 0 Å². The summed E-state index contributed by atoms with van der Waals surface area (Å²) in [6, 6.07) is 10.6. The number of H-pyrrole nitrogens is 1. The fraction of sp³-hybridized carbons (Fsp3) is 0.565. The summed E-state index contributed by atoms with van der Waals surface area (Å²) in [5, 5.41) is 7.72. The fourth-order valence-electron chi connectivity index (χ4n) is 5.01. The summed E-state index contributed by atoms with van der Waals surface area (Å²) in [6.07, 6.45) is 7.72. The zero-order valence-electron chi connectivity index (χ0n) is 17.4. The first-order valence-corrected chi connectivity index (χ1v) is 11.2. The molecule has 30 heavy (non-hydrogen) atoms. The summed E-state index contributed by atoms with van der Waals surface area (Å²) in [4.78, 5) is 14.2. The number of ether oxygens (including phenoxy) is 2. The van der Waals surface area contributed by atoms with Gasteiger partial charge in [0.05, 0.1) is 42.8 Å². The first kappa shape index (κ1) is 21.2. The van der Waals surface area contributed by atoms with E-state index in [-0.39, 0.29) is 24.2 Å². The molecule has 2 fully saturated rings. The number of aromatic amines is 1. The molecule has 4 rings (SSSR count). The molecule has 1 saturated carbocycles. The van der Waals surface area contributed by atoms with Gasteiger partial charge in [-0.25, -0.2) is 4.79 Å².